The van der Waals surface area contributed by atoms with Crippen LogP contribution in [0.25, 0.3) is 0 Å². The number of hydrogen-bond acceptors (Lipinski definition) is 3. The van der Waals surface area contributed by atoms with Crippen molar-refractivity contribution >= 4 is 5.78 Å². The Morgan fingerprint density at radius 2 is 2.13 bits per heavy atom. The zero-order valence-electron chi connectivity index (χ0n) is 9.70. The van der Waals surface area contributed by atoms with Crippen LogP contribution in [-0.4, -0.2) is 23.5 Å². The predicted molar refractivity (Wildman–Crippen MR) is 59.1 cm³/mol. The Hall–Kier alpha value is -1.22. The molecular formula is C12H17NO2. The van der Waals surface area contributed by atoms with Gasteiger partial charge in [-0.25, -0.2) is 0 Å². The highest BCUT2D eigenvalue weighted by Crippen LogP contribution is 2.08. The fourth-order valence-corrected chi connectivity index (χ4v) is 1.32. The minimum atomic E-state index is -0.0544. The summed E-state index contributed by atoms with van der Waals surface area (Å²) >= 11 is 0. The van der Waals surface area contributed by atoms with Crippen LogP contribution in [0.15, 0.2) is 12.3 Å². The van der Waals surface area contributed by atoms with E-state index in [1.54, 1.807) is 6.20 Å². The molecule has 0 amide bonds. The summed E-state index contributed by atoms with van der Waals surface area (Å²) in [5.41, 5.74) is 2.49. The molecule has 1 heterocycles. The quantitative estimate of drug-likeness (QED) is 0.711. The maximum Gasteiger partial charge on any atom is 0.207 e. The molecule has 0 radical (unpaired) electrons. The maximum absolute atomic E-state index is 11.7. The number of Topliss-reactive ketones (excluding diaryl/α,β-unsaturated/α-hetero) is 1. The van der Waals surface area contributed by atoms with E-state index in [1.165, 1.54) is 0 Å². The number of ketones is 1. The van der Waals surface area contributed by atoms with Crippen molar-refractivity contribution in [3.05, 3.63) is 29.1 Å². The molecule has 3 nitrogen and oxygen atoms in total. The Morgan fingerprint density at radius 1 is 1.47 bits per heavy atom. The molecule has 0 atom stereocenters. The van der Waals surface area contributed by atoms with Gasteiger partial charge in [0.2, 0.25) is 5.78 Å². The Morgan fingerprint density at radius 3 is 2.67 bits per heavy atom. The molecule has 0 bridgehead atoms. The van der Waals surface area contributed by atoms with E-state index in [0.29, 0.717) is 5.69 Å². The van der Waals surface area contributed by atoms with Crippen molar-refractivity contribution in [2.75, 3.05) is 6.61 Å². The number of rotatable bonds is 4. The molecule has 0 aliphatic rings. The molecule has 1 aromatic heterocycles. The Bertz CT molecular complexity index is 359. The number of hydrogen-bond donors (Lipinski definition) is 0. The van der Waals surface area contributed by atoms with Gasteiger partial charge in [-0.1, -0.05) is 6.07 Å². The normalized spacial score (nSPS) is 10.7. The summed E-state index contributed by atoms with van der Waals surface area (Å²) in [6, 6.07) is 1.95. The van der Waals surface area contributed by atoms with Gasteiger partial charge in [0.1, 0.15) is 12.3 Å². The second-order valence-electron chi connectivity index (χ2n) is 3.96. The molecule has 1 aromatic rings. The van der Waals surface area contributed by atoms with Crippen LogP contribution in [-0.2, 0) is 4.74 Å². The van der Waals surface area contributed by atoms with Gasteiger partial charge in [-0.2, -0.15) is 0 Å². The fourth-order valence-electron chi connectivity index (χ4n) is 1.32. The van der Waals surface area contributed by atoms with Crippen molar-refractivity contribution in [1.82, 2.24) is 4.98 Å². The summed E-state index contributed by atoms with van der Waals surface area (Å²) < 4.78 is 5.25. The lowest BCUT2D eigenvalue weighted by Crippen LogP contribution is -2.15. The van der Waals surface area contributed by atoms with Crippen molar-refractivity contribution in [2.24, 2.45) is 0 Å². The minimum absolute atomic E-state index is 0.0544. The molecule has 0 saturated heterocycles. The van der Waals surface area contributed by atoms with E-state index in [4.69, 9.17) is 4.74 Å². The highest BCUT2D eigenvalue weighted by Gasteiger charge is 2.11. The molecule has 0 unspecified atom stereocenters. The molecule has 0 fully saturated rings. The van der Waals surface area contributed by atoms with Gasteiger partial charge >= 0.3 is 0 Å². The molecule has 1 rings (SSSR count). The van der Waals surface area contributed by atoms with Gasteiger partial charge in [0.25, 0.3) is 0 Å². The lowest BCUT2D eigenvalue weighted by Gasteiger charge is -2.08. The highest BCUT2D eigenvalue weighted by atomic mass is 16.5. The summed E-state index contributed by atoms with van der Waals surface area (Å²) in [4.78, 5) is 15.8. The molecule has 0 saturated carbocycles. The first-order valence-corrected chi connectivity index (χ1v) is 5.08. The smallest absolute Gasteiger partial charge is 0.207 e. The zero-order chi connectivity index (χ0) is 11.4. The van der Waals surface area contributed by atoms with Crippen LogP contribution in [0.3, 0.4) is 0 Å². The van der Waals surface area contributed by atoms with Crippen LogP contribution in [0.5, 0.6) is 0 Å². The Balaban J connectivity index is 2.74. The van der Waals surface area contributed by atoms with Gasteiger partial charge in [0.05, 0.1) is 6.10 Å². The highest BCUT2D eigenvalue weighted by molar-refractivity contribution is 5.96. The van der Waals surface area contributed by atoms with Crippen LogP contribution < -0.4 is 0 Å². The van der Waals surface area contributed by atoms with Gasteiger partial charge in [-0.3, -0.25) is 9.78 Å². The molecule has 3 heteroatoms. The second kappa shape index (κ2) is 5.03. The summed E-state index contributed by atoms with van der Waals surface area (Å²) in [5.74, 6) is -0.0544. The maximum atomic E-state index is 11.7. The summed E-state index contributed by atoms with van der Waals surface area (Å²) in [5, 5.41) is 0. The first kappa shape index (κ1) is 11.9. The van der Waals surface area contributed by atoms with E-state index in [0.717, 1.165) is 11.1 Å². The van der Waals surface area contributed by atoms with Gasteiger partial charge in [0, 0.05) is 6.20 Å². The van der Waals surface area contributed by atoms with Crippen molar-refractivity contribution in [3.8, 4) is 0 Å². The molecular weight excluding hydrogens is 190 g/mol. The molecule has 0 aliphatic heterocycles. The summed E-state index contributed by atoms with van der Waals surface area (Å²) in [6.07, 6.45) is 1.77. The molecule has 15 heavy (non-hydrogen) atoms. The van der Waals surface area contributed by atoms with E-state index in [1.807, 2.05) is 33.8 Å². The van der Waals surface area contributed by atoms with Gasteiger partial charge in [0.15, 0.2) is 0 Å². The lowest BCUT2D eigenvalue weighted by molar-refractivity contribution is 0.0580. The first-order chi connectivity index (χ1) is 7.00. The van der Waals surface area contributed by atoms with Crippen molar-refractivity contribution in [3.63, 3.8) is 0 Å². The van der Waals surface area contributed by atoms with E-state index < -0.39 is 0 Å². The number of pyridine rings is 1. The zero-order valence-corrected chi connectivity index (χ0v) is 9.70. The van der Waals surface area contributed by atoms with Crippen molar-refractivity contribution < 1.29 is 9.53 Å². The number of carbonyl (C=O) groups is 1. The van der Waals surface area contributed by atoms with Gasteiger partial charge < -0.3 is 4.74 Å². The van der Waals surface area contributed by atoms with E-state index in [-0.39, 0.29) is 18.5 Å². The van der Waals surface area contributed by atoms with Crippen LogP contribution in [0.1, 0.15) is 35.5 Å². The van der Waals surface area contributed by atoms with E-state index >= 15 is 0 Å². The SMILES string of the molecule is Cc1cnc(C(=O)COC(C)C)c(C)c1. The molecule has 0 aromatic carbocycles. The molecule has 82 valence electrons. The third-order valence-corrected chi connectivity index (χ3v) is 2.03. The third kappa shape index (κ3) is 3.44. The number of ether oxygens (including phenoxy) is 1. The Labute approximate surface area is 90.5 Å². The molecule has 0 N–H and O–H groups in total. The summed E-state index contributed by atoms with van der Waals surface area (Å²) in [7, 11) is 0. The number of aromatic nitrogens is 1. The van der Waals surface area contributed by atoms with E-state index in [9.17, 15) is 4.79 Å². The van der Waals surface area contributed by atoms with Gasteiger partial charge in [-0.05, 0) is 38.8 Å². The fraction of sp³-hybridized carbons (Fsp3) is 0.500. The van der Waals surface area contributed by atoms with Crippen LogP contribution in [0, 0.1) is 13.8 Å². The van der Waals surface area contributed by atoms with Crippen LogP contribution in [0.4, 0.5) is 0 Å². The average Bonchev–Trinajstić information content (AvgIpc) is 2.14. The lowest BCUT2D eigenvalue weighted by atomic mass is 10.1. The predicted octanol–water partition coefficient (Wildman–Crippen LogP) is 2.31. The third-order valence-electron chi connectivity index (χ3n) is 2.03. The standard InChI is InChI=1S/C12H17NO2/c1-8(2)15-7-11(14)12-10(4)5-9(3)6-13-12/h5-6,8H,7H2,1-4H3. The topological polar surface area (TPSA) is 39.2 Å². The van der Waals surface area contributed by atoms with Crippen molar-refractivity contribution in [2.45, 2.75) is 33.8 Å². The van der Waals surface area contributed by atoms with Gasteiger partial charge in [-0.15, -0.1) is 0 Å². The monoisotopic (exact) mass is 207 g/mol. The van der Waals surface area contributed by atoms with E-state index in [2.05, 4.69) is 4.98 Å². The largest absolute Gasteiger partial charge is 0.371 e. The number of aryl methyl sites for hydroxylation is 2. The summed E-state index contributed by atoms with van der Waals surface area (Å²) in [6.45, 7) is 7.77. The molecule has 0 spiro atoms. The number of carbonyl (C=O) groups excluding carboxylic acids is 1. The second-order valence-corrected chi connectivity index (χ2v) is 3.96. The molecule has 0 aliphatic carbocycles. The van der Waals surface area contributed by atoms with Crippen molar-refractivity contribution in [1.29, 1.82) is 0 Å². The first-order valence-electron chi connectivity index (χ1n) is 5.08. The minimum Gasteiger partial charge on any atom is -0.371 e. The van der Waals surface area contributed by atoms with Crippen LogP contribution in [0.2, 0.25) is 0 Å². The Kier molecular flexibility index (Phi) is 3.97. The average molecular weight is 207 g/mol. The number of nitrogens with zero attached hydrogens (tertiary/aromatic N) is 1. The van der Waals surface area contributed by atoms with Crippen LogP contribution >= 0.6 is 0 Å².